The van der Waals surface area contributed by atoms with Crippen LogP contribution in [0.15, 0.2) is 70.7 Å². The molecule has 2 aromatic carbocycles. The summed E-state index contributed by atoms with van der Waals surface area (Å²) in [6.07, 6.45) is 7.64. The fourth-order valence-corrected chi connectivity index (χ4v) is 5.84. The number of rotatable bonds is 8. The van der Waals surface area contributed by atoms with Gasteiger partial charge in [0.1, 0.15) is 17.4 Å². The number of aromatic nitrogens is 2. The number of carbonyl (C=O) groups is 1. The Labute approximate surface area is 242 Å². The molecule has 5 rings (SSSR count). The van der Waals surface area contributed by atoms with Crippen molar-refractivity contribution in [3.8, 4) is 11.1 Å². The molecule has 1 amide bonds. The minimum absolute atomic E-state index is 0.0285. The number of ether oxygens (including phenoxy) is 1. The van der Waals surface area contributed by atoms with Crippen molar-refractivity contribution in [2.45, 2.75) is 71.8 Å². The topological polar surface area (TPSA) is 97.1 Å². The maximum Gasteiger partial charge on any atom is 0.261 e. The summed E-state index contributed by atoms with van der Waals surface area (Å²) in [5.74, 6) is 1.68. The highest BCUT2D eigenvalue weighted by atomic mass is 16.5. The first-order valence-corrected chi connectivity index (χ1v) is 14.6. The molecule has 2 N–H and O–H groups in total. The first-order chi connectivity index (χ1) is 19.8. The van der Waals surface area contributed by atoms with Crippen molar-refractivity contribution in [3.05, 3.63) is 105 Å². The quantitative estimate of drug-likeness (QED) is 0.224. The van der Waals surface area contributed by atoms with E-state index in [1.165, 1.54) is 13.4 Å². The van der Waals surface area contributed by atoms with Crippen LogP contribution in [0.4, 0.5) is 4.79 Å². The maximum atomic E-state index is 14.2. The van der Waals surface area contributed by atoms with E-state index in [0.717, 1.165) is 77.3 Å². The largest absolute Gasteiger partial charge is 0.494 e. The van der Waals surface area contributed by atoms with Crippen molar-refractivity contribution >= 4 is 25.2 Å². The highest BCUT2D eigenvalue weighted by Crippen LogP contribution is 2.36. The Balaban J connectivity index is 1.50. The van der Waals surface area contributed by atoms with Crippen LogP contribution in [0.3, 0.4) is 0 Å². The van der Waals surface area contributed by atoms with Gasteiger partial charge < -0.3 is 10.1 Å². The molecular formula is C33H37BN4O3. The molecule has 0 saturated carbocycles. The lowest BCUT2D eigenvalue weighted by atomic mass is 9.95. The average molecular weight is 548 g/mol. The summed E-state index contributed by atoms with van der Waals surface area (Å²) >= 11 is 0. The van der Waals surface area contributed by atoms with Gasteiger partial charge in [-0.3, -0.25) is 19.6 Å². The minimum Gasteiger partial charge on any atom is -0.494 e. The summed E-state index contributed by atoms with van der Waals surface area (Å²) in [6.45, 7) is 6.27. The predicted molar refractivity (Wildman–Crippen MR) is 166 cm³/mol. The Hall–Kier alpha value is -4.20. The van der Waals surface area contributed by atoms with Crippen molar-refractivity contribution in [2.24, 2.45) is 0 Å². The Kier molecular flexibility index (Phi) is 8.38. The average Bonchev–Trinajstić information content (AvgIpc) is 3.34. The maximum absolute atomic E-state index is 14.2. The molecule has 41 heavy (non-hydrogen) atoms. The van der Waals surface area contributed by atoms with Gasteiger partial charge in [0.25, 0.3) is 5.56 Å². The fraction of sp³-hybridized carbons (Fsp3) is 0.333. The van der Waals surface area contributed by atoms with Crippen LogP contribution >= 0.6 is 0 Å². The summed E-state index contributed by atoms with van der Waals surface area (Å²) in [4.78, 5) is 30.8. The van der Waals surface area contributed by atoms with Crippen LogP contribution in [0.25, 0.3) is 16.8 Å². The van der Waals surface area contributed by atoms with Gasteiger partial charge in [-0.2, -0.15) is 0 Å². The van der Waals surface area contributed by atoms with E-state index in [-0.39, 0.29) is 23.3 Å². The standard InChI is InChI=1S/C33H37BN4O3/c1-4-8-28-27(32(39)38(30(5-2)36-28)24-15-16-29-23(19-24)17-20(3)41-29)18-21-11-13-22(14-12-21)25-9-6-7-10-26(25)31(35)37-33(34)40/h6-7,9-14,19-20H,4-5,8,15-18,34H2,1-3H3,(H2,35,37,40). The van der Waals surface area contributed by atoms with E-state index in [4.69, 9.17) is 15.1 Å². The van der Waals surface area contributed by atoms with Crippen molar-refractivity contribution in [2.75, 3.05) is 0 Å². The van der Waals surface area contributed by atoms with Gasteiger partial charge >= 0.3 is 0 Å². The molecule has 3 aromatic rings. The molecule has 7 nitrogen and oxygen atoms in total. The van der Waals surface area contributed by atoms with Crippen LogP contribution in [0.5, 0.6) is 0 Å². The molecular weight excluding hydrogens is 511 g/mol. The number of aryl methyl sites for hydroxylation is 2. The molecule has 1 unspecified atom stereocenters. The molecule has 1 aliphatic heterocycles. The zero-order valence-corrected chi connectivity index (χ0v) is 24.3. The number of carbonyl (C=O) groups excluding carboxylic acids is 1. The van der Waals surface area contributed by atoms with Crippen molar-refractivity contribution < 1.29 is 9.53 Å². The molecule has 8 heteroatoms. The monoisotopic (exact) mass is 548 g/mol. The SMILES string of the molecule is BC(=O)NC(=N)c1ccccc1-c1ccc(Cc2c(CCC)nc(CC)n(C3=CC4=C(CC3)OC(C)C4)c2=O)cc1. The number of hydrogen-bond acceptors (Lipinski definition) is 5. The predicted octanol–water partition coefficient (Wildman–Crippen LogP) is 5.38. The second-order valence-corrected chi connectivity index (χ2v) is 10.9. The third kappa shape index (κ3) is 5.97. The normalized spacial score (nSPS) is 16.2. The summed E-state index contributed by atoms with van der Waals surface area (Å²) in [6, 6.07) is 15.7. The number of benzene rings is 2. The van der Waals surface area contributed by atoms with E-state index >= 15 is 0 Å². The van der Waals surface area contributed by atoms with Gasteiger partial charge in [-0.15, -0.1) is 0 Å². The Morgan fingerprint density at radius 2 is 1.90 bits per heavy atom. The molecule has 1 atom stereocenters. The fourth-order valence-electron chi connectivity index (χ4n) is 5.84. The van der Waals surface area contributed by atoms with Crippen LogP contribution in [0, 0.1) is 5.41 Å². The minimum atomic E-state index is -0.274. The third-order valence-corrected chi connectivity index (χ3v) is 7.72. The number of allylic oxidation sites excluding steroid dienone is 3. The Bertz CT molecular complexity index is 1620. The van der Waals surface area contributed by atoms with Crippen LogP contribution in [-0.4, -0.2) is 35.1 Å². The summed E-state index contributed by atoms with van der Waals surface area (Å²) in [7, 11) is 1.40. The van der Waals surface area contributed by atoms with E-state index in [2.05, 4.69) is 32.2 Å². The van der Waals surface area contributed by atoms with Gasteiger partial charge in [0.15, 0.2) is 5.81 Å². The number of nitrogens with one attached hydrogen (secondary N) is 2. The van der Waals surface area contributed by atoms with Crippen LogP contribution < -0.4 is 10.9 Å². The summed E-state index contributed by atoms with van der Waals surface area (Å²) in [5.41, 5.74) is 7.36. The molecule has 0 spiro atoms. The lowest BCUT2D eigenvalue weighted by Gasteiger charge is -2.21. The highest BCUT2D eigenvalue weighted by molar-refractivity contribution is 6.58. The van der Waals surface area contributed by atoms with Crippen LogP contribution in [-0.2, 0) is 24.0 Å². The van der Waals surface area contributed by atoms with E-state index in [1.54, 1.807) is 0 Å². The number of amides is 1. The van der Waals surface area contributed by atoms with Gasteiger partial charge in [-0.05, 0) is 48.1 Å². The van der Waals surface area contributed by atoms with Gasteiger partial charge in [-0.25, -0.2) is 4.98 Å². The Morgan fingerprint density at radius 3 is 2.61 bits per heavy atom. The molecule has 2 aliphatic rings. The first-order valence-electron chi connectivity index (χ1n) is 14.6. The van der Waals surface area contributed by atoms with Crippen molar-refractivity contribution in [1.82, 2.24) is 14.9 Å². The molecule has 0 bridgehead atoms. The van der Waals surface area contributed by atoms with E-state index in [9.17, 15) is 9.59 Å². The number of amidine groups is 1. The summed E-state index contributed by atoms with van der Waals surface area (Å²) < 4.78 is 7.83. The zero-order chi connectivity index (χ0) is 29.1. The van der Waals surface area contributed by atoms with Crippen LogP contribution in [0.1, 0.15) is 74.7 Å². The molecule has 0 saturated heterocycles. The second-order valence-electron chi connectivity index (χ2n) is 10.9. The highest BCUT2D eigenvalue weighted by Gasteiger charge is 2.27. The molecule has 1 aliphatic carbocycles. The van der Waals surface area contributed by atoms with Crippen molar-refractivity contribution in [3.63, 3.8) is 0 Å². The second kappa shape index (κ2) is 12.1. The van der Waals surface area contributed by atoms with Gasteiger partial charge in [0.2, 0.25) is 7.85 Å². The first kappa shape index (κ1) is 28.3. The third-order valence-electron chi connectivity index (χ3n) is 7.72. The smallest absolute Gasteiger partial charge is 0.261 e. The molecule has 0 fully saturated rings. The van der Waals surface area contributed by atoms with Gasteiger partial charge in [0, 0.05) is 42.5 Å². The Morgan fingerprint density at radius 1 is 1.15 bits per heavy atom. The van der Waals surface area contributed by atoms with E-state index in [0.29, 0.717) is 18.4 Å². The number of nitrogens with zero attached hydrogens (tertiary/aromatic N) is 2. The van der Waals surface area contributed by atoms with Crippen LogP contribution in [0.2, 0.25) is 0 Å². The lowest BCUT2D eigenvalue weighted by Crippen LogP contribution is -2.30. The lowest BCUT2D eigenvalue weighted by molar-refractivity contribution is 0.153. The van der Waals surface area contributed by atoms with Gasteiger partial charge in [-0.1, -0.05) is 68.8 Å². The van der Waals surface area contributed by atoms with E-state index < -0.39 is 0 Å². The van der Waals surface area contributed by atoms with Crippen molar-refractivity contribution in [1.29, 1.82) is 5.41 Å². The molecule has 2 heterocycles. The van der Waals surface area contributed by atoms with E-state index in [1.807, 2.05) is 53.1 Å². The van der Waals surface area contributed by atoms with Gasteiger partial charge in [0.05, 0.1) is 11.8 Å². The molecule has 1 aromatic heterocycles. The number of hydrogen-bond donors (Lipinski definition) is 2. The molecule has 210 valence electrons. The zero-order valence-electron chi connectivity index (χ0n) is 24.3. The summed E-state index contributed by atoms with van der Waals surface area (Å²) in [5, 5.41) is 10.9. The molecule has 0 radical (unpaired) electrons.